The average molecular weight is 705 g/mol. The van der Waals surface area contributed by atoms with E-state index in [1.165, 1.54) is 89.9 Å². The van der Waals surface area contributed by atoms with Crippen molar-refractivity contribution in [2.24, 2.45) is 10.2 Å². The van der Waals surface area contributed by atoms with Crippen molar-refractivity contribution in [2.75, 3.05) is 47.5 Å². The van der Waals surface area contributed by atoms with Crippen LogP contribution in [0.4, 0.5) is 0 Å². The van der Waals surface area contributed by atoms with E-state index in [0.29, 0.717) is 23.9 Å². The number of rotatable bonds is 34. The van der Waals surface area contributed by atoms with E-state index in [1.54, 1.807) is 0 Å². The molecule has 0 radical (unpaired) electrons. The highest BCUT2D eigenvalue weighted by Crippen LogP contribution is 2.43. The maximum Gasteiger partial charge on any atom is 0.472 e. The molecule has 1 aliphatic rings. The molecule has 0 bridgehead atoms. The van der Waals surface area contributed by atoms with E-state index in [-0.39, 0.29) is 37.7 Å². The molecule has 0 aromatic carbocycles. The Balaban J connectivity index is 2.42. The number of likely N-dealkylation sites (N-methyl/N-ethyl adjacent to an activating group) is 1. The van der Waals surface area contributed by atoms with Crippen LogP contribution in [-0.2, 0) is 32.7 Å². The van der Waals surface area contributed by atoms with Crippen molar-refractivity contribution in [1.82, 2.24) is 0 Å². The molecule has 0 aromatic heterocycles. The predicted octanol–water partition coefficient (Wildman–Crippen LogP) is 9.46. The van der Waals surface area contributed by atoms with Crippen LogP contribution < -0.4 is 0 Å². The Morgan fingerprint density at radius 1 is 0.667 bits per heavy atom. The van der Waals surface area contributed by atoms with Gasteiger partial charge in [0.25, 0.3) is 0 Å². The van der Waals surface area contributed by atoms with Crippen LogP contribution in [0.15, 0.2) is 10.2 Å². The number of phosphoric ester groups is 1. The van der Waals surface area contributed by atoms with Crippen molar-refractivity contribution in [3.8, 4) is 0 Å². The number of hydrogen-bond donors (Lipinski definition) is 1. The van der Waals surface area contributed by atoms with Gasteiger partial charge in [-0.1, -0.05) is 117 Å². The SMILES string of the molecule is CCCCCCCCCCCCCC(=O)OC[C@H](COP(=O)(O)OCC[N+](C)(C)C)OC(=O)CCCC1(CCCCCCCCC)N=N1. The minimum absolute atomic E-state index is 0.0202. The number of unbranched alkanes of at least 4 members (excludes halogenated alkanes) is 16. The number of carbonyl (C=O) groups is 2. The van der Waals surface area contributed by atoms with E-state index in [9.17, 15) is 19.0 Å². The second-order valence-electron chi connectivity index (χ2n) is 14.6. The molecule has 11 nitrogen and oxygen atoms in total. The van der Waals surface area contributed by atoms with E-state index in [2.05, 4.69) is 24.1 Å². The van der Waals surface area contributed by atoms with Crippen LogP contribution in [0, 0.1) is 0 Å². The van der Waals surface area contributed by atoms with Crippen molar-refractivity contribution in [1.29, 1.82) is 0 Å². The Morgan fingerprint density at radius 2 is 1.15 bits per heavy atom. The first-order chi connectivity index (χ1) is 22.9. The molecular weight excluding hydrogens is 633 g/mol. The van der Waals surface area contributed by atoms with Gasteiger partial charge in [-0.15, -0.1) is 0 Å². The number of phosphoric acid groups is 1. The molecule has 0 spiro atoms. The highest BCUT2D eigenvalue weighted by molar-refractivity contribution is 7.47. The maximum atomic E-state index is 12.7. The Hall–Kier alpha value is -1.39. The van der Waals surface area contributed by atoms with Crippen molar-refractivity contribution in [3.63, 3.8) is 0 Å². The molecule has 0 aromatic rings. The molecule has 0 saturated carbocycles. The van der Waals surface area contributed by atoms with Crippen molar-refractivity contribution < 1.29 is 42.1 Å². The first-order valence-electron chi connectivity index (χ1n) is 19.1. The van der Waals surface area contributed by atoms with Gasteiger partial charge in [0.2, 0.25) is 0 Å². The molecule has 2 atom stereocenters. The van der Waals surface area contributed by atoms with Gasteiger partial charge < -0.3 is 18.9 Å². The van der Waals surface area contributed by atoms with Crippen LogP contribution >= 0.6 is 7.82 Å². The van der Waals surface area contributed by atoms with Crippen LogP contribution in [0.25, 0.3) is 0 Å². The largest absolute Gasteiger partial charge is 0.472 e. The number of quaternary nitrogens is 1. The van der Waals surface area contributed by atoms with Crippen LogP contribution in [0.3, 0.4) is 0 Å². The summed E-state index contributed by atoms with van der Waals surface area (Å²) in [7, 11) is 1.43. The van der Waals surface area contributed by atoms with Crippen LogP contribution in [0.5, 0.6) is 0 Å². The van der Waals surface area contributed by atoms with Gasteiger partial charge in [-0.2, -0.15) is 10.2 Å². The molecule has 0 aliphatic carbocycles. The highest BCUT2D eigenvalue weighted by Gasteiger charge is 2.38. The third kappa shape index (κ3) is 26.5. The molecule has 0 amide bonds. The quantitative estimate of drug-likeness (QED) is 0.0303. The van der Waals surface area contributed by atoms with Gasteiger partial charge in [0.1, 0.15) is 19.8 Å². The molecule has 282 valence electrons. The zero-order valence-corrected chi connectivity index (χ0v) is 32.2. The van der Waals surface area contributed by atoms with Gasteiger partial charge in [0.05, 0.1) is 27.7 Å². The Morgan fingerprint density at radius 3 is 1.67 bits per heavy atom. The summed E-state index contributed by atoms with van der Waals surface area (Å²) in [6.45, 7) is 4.29. The lowest BCUT2D eigenvalue weighted by atomic mass is 9.98. The third-order valence-corrected chi connectivity index (χ3v) is 9.66. The second-order valence-corrected chi connectivity index (χ2v) is 16.1. The van der Waals surface area contributed by atoms with Gasteiger partial charge in [0.15, 0.2) is 11.8 Å². The summed E-state index contributed by atoms with van der Waals surface area (Å²) < 4.78 is 34.2. The standard InChI is InChI=1S/C36H70N3O8P/c1-6-8-10-12-14-15-16-17-18-20-22-25-34(40)44-31-33(32-46-48(42,43)45-30-29-39(3,4)5)47-35(41)26-24-28-36(37-38-36)27-23-21-19-13-11-9-7-2/h33H,6-32H2,1-5H3/p+1/t33-/m1/s1. The minimum atomic E-state index is -4.39. The monoisotopic (exact) mass is 704 g/mol. The Kier molecular flexibility index (Phi) is 24.6. The van der Waals surface area contributed by atoms with Crippen molar-refractivity contribution in [3.05, 3.63) is 0 Å². The van der Waals surface area contributed by atoms with Gasteiger partial charge in [-0.25, -0.2) is 4.57 Å². The zero-order valence-electron chi connectivity index (χ0n) is 31.3. The molecule has 1 aliphatic heterocycles. The molecule has 12 heteroatoms. The first kappa shape index (κ1) is 44.6. The van der Waals surface area contributed by atoms with E-state index in [4.69, 9.17) is 18.5 Å². The molecule has 1 N–H and O–H groups in total. The normalized spacial score (nSPS) is 15.6. The lowest BCUT2D eigenvalue weighted by molar-refractivity contribution is -0.870. The van der Waals surface area contributed by atoms with Gasteiger partial charge in [0, 0.05) is 12.8 Å². The smallest absolute Gasteiger partial charge is 0.462 e. The lowest BCUT2D eigenvalue weighted by Gasteiger charge is -2.24. The van der Waals surface area contributed by atoms with Gasteiger partial charge >= 0.3 is 19.8 Å². The summed E-state index contributed by atoms with van der Waals surface area (Å²) >= 11 is 0. The molecule has 0 saturated heterocycles. The Labute approximate surface area is 292 Å². The average Bonchev–Trinajstić information content (AvgIpc) is 3.79. The fourth-order valence-electron chi connectivity index (χ4n) is 5.47. The summed E-state index contributed by atoms with van der Waals surface area (Å²) in [6, 6.07) is 0. The second kappa shape index (κ2) is 26.4. The number of nitrogens with zero attached hydrogens (tertiary/aromatic N) is 3. The van der Waals surface area contributed by atoms with Crippen molar-refractivity contribution in [2.45, 2.75) is 173 Å². The molecule has 1 heterocycles. The number of hydrogen-bond acceptors (Lipinski definition) is 9. The summed E-state index contributed by atoms with van der Waals surface area (Å²) in [4.78, 5) is 35.3. The lowest BCUT2D eigenvalue weighted by Crippen LogP contribution is -2.37. The Bertz CT molecular complexity index is 921. The fraction of sp³-hybridized carbons (Fsp3) is 0.944. The topological polar surface area (TPSA) is 133 Å². The molecular formula is C36H71N3O8P+. The van der Waals surface area contributed by atoms with E-state index >= 15 is 0 Å². The maximum absolute atomic E-state index is 12.7. The highest BCUT2D eigenvalue weighted by atomic mass is 31.2. The van der Waals surface area contributed by atoms with Crippen molar-refractivity contribution >= 4 is 19.8 Å². The van der Waals surface area contributed by atoms with Crippen LogP contribution in [0.2, 0.25) is 0 Å². The fourth-order valence-corrected chi connectivity index (χ4v) is 6.22. The summed E-state index contributed by atoms with van der Waals surface area (Å²) in [5, 5.41) is 8.53. The summed E-state index contributed by atoms with van der Waals surface area (Å²) in [6.07, 6.45) is 23.2. The third-order valence-electron chi connectivity index (χ3n) is 8.67. The zero-order chi connectivity index (χ0) is 35.6. The van der Waals surface area contributed by atoms with E-state index in [0.717, 1.165) is 32.1 Å². The first-order valence-corrected chi connectivity index (χ1v) is 20.6. The van der Waals surface area contributed by atoms with E-state index in [1.807, 2.05) is 21.1 Å². The van der Waals surface area contributed by atoms with Gasteiger partial charge in [-0.05, 0) is 32.1 Å². The minimum Gasteiger partial charge on any atom is -0.462 e. The van der Waals surface area contributed by atoms with E-state index < -0.39 is 26.5 Å². The van der Waals surface area contributed by atoms with Gasteiger partial charge in [-0.3, -0.25) is 18.6 Å². The predicted molar refractivity (Wildman–Crippen MR) is 191 cm³/mol. The number of ether oxygens (including phenoxy) is 2. The molecule has 0 fully saturated rings. The summed E-state index contributed by atoms with van der Waals surface area (Å²) in [5.74, 6) is -0.877. The summed E-state index contributed by atoms with van der Waals surface area (Å²) in [5.41, 5.74) is -0.359. The number of esters is 2. The molecule has 1 unspecified atom stereocenters. The van der Waals surface area contributed by atoms with Crippen LogP contribution in [0.1, 0.15) is 162 Å². The number of carbonyl (C=O) groups excluding carboxylic acids is 2. The molecule has 48 heavy (non-hydrogen) atoms. The molecule has 1 rings (SSSR count). The van der Waals surface area contributed by atoms with Crippen LogP contribution in [-0.4, -0.2) is 80.6 Å².